The maximum atomic E-state index is 12.2. The van der Waals surface area contributed by atoms with Crippen LogP contribution in [0.5, 0.6) is 0 Å². The molecule has 9 heteroatoms. The fourth-order valence-corrected chi connectivity index (χ4v) is 2.25. The highest BCUT2D eigenvalue weighted by Crippen LogP contribution is 2.26. The van der Waals surface area contributed by atoms with Crippen molar-refractivity contribution in [1.82, 2.24) is 15.3 Å². The molecular weight excluding hydrogens is 360 g/mol. The third kappa shape index (κ3) is 5.14. The zero-order valence-electron chi connectivity index (χ0n) is 14.6. The molecule has 0 saturated carbocycles. The molecule has 1 heterocycles. The molecule has 0 fully saturated rings. The highest BCUT2D eigenvalue weighted by atomic mass is 35.5. The van der Waals surface area contributed by atoms with Gasteiger partial charge in [0.2, 0.25) is 5.95 Å². The van der Waals surface area contributed by atoms with E-state index in [1.54, 1.807) is 32.2 Å². The molecule has 2 N–H and O–H groups in total. The average molecular weight is 379 g/mol. The second kappa shape index (κ2) is 9.12. The van der Waals surface area contributed by atoms with E-state index in [1.807, 2.05) is 0 Å². The zero-order valence-corrected chi connectivity index (χ0v) is 15.4. The molecule has 0 spiro atoms. The summed E-state index contributed by atoms with van der Waals surface area (Å²) >= 11 is 6.16. The Bertz CT molecular complexity index is 813. The van der Waals surface area contributed by atoms with Gasteiger partial charge in [-0.1, -0.05) is 11.6 Å². The topological polar surface area (TPSA) is 102 Å². The molecule has 0 bridgehead atoms. The van der Waals surface area contributed by atoms with Gasteiger partial charge in [0.1, 0.15) is 5.69 Å². The highest BCUT2D eigenvalue weighted by Gasteiger charge is 2.13. The molecule has 0 radical (unpaired) electrons. The van der Waals surface area contributed by atoms with Crippen LogP contribution in [0.4, 0.5) is 11.6 Å². The van der Waals surface area contributed by atoms with Crippen LogP contribution in [0.1, 0.15) is 26.5 Å². The molecule has 138 valence electrons. The molecule has 0 aliphatic carbocycles. The molecule has 0 atom stereocenters. The summed E-state index contributed by atoms with van der Waals surface area (Å²) in [4.78, 5) is 32.3. The van der Waals surface area contributed by atoms with Crippen LogP contribution < -0.4 is 10.6 Å². The van der Waals surface area contributed by atoms with Crippen LogP contribution >= 0.6 is 11.6 Å². The van der Waals surface area contributed by atoms with Gasteiger partial charge in [-0.3, -0.25) is 4.79 Å². The van der Waals surface area contributed by atoms with Gasteiger partial charge in [0.15, 0.2) is 0 Å². The smallest absolute Gasteiger partial charge is 0.337 e. The van der Waals surface area contributed by atoms with Crippen LogP contribution in [0, 0.1) is 6.92 Å². The van der Waals surface area contributed by atoms with E-state index in [9.17, 15) is 9.59 Å². The molecule has 2 rings (SSSR count). The lowest BCUT2D eigenvalue weighted by atomic mass is 10.2. The van der Waals surface area contributed by atoms with Gasteiger partial charge < -0.3 is 20.1 Å². The molecule has 2 aromatic rings. The number of ether oxygens (including phenoxy) is 2. The Labute approximate surface area is 155 Å². The second-order valence-corrected chi connectivity index (χ2v) is 5.69. The lowest BCUT2D eigenvalue weighted by Crippen LogP contribution is -2.28. The average Bonchev–Trinajstić information content (AvgIpc) is 2.62. The third-order valence-electron chi connectivity index (χ3n) is 3.31. The Balaban J connectivity index is 2.24. The fourth-order valence-electron chi connectivity index (χ4n) is 2.08. The largest absolute Gasteiger partial charge is 0.465 e. The van der Waals surface area contributed by atoms with E-state index in [2.05, 4.69) is 20.6 Å². The van der Waals surface area contributed by atoms with E-state index in [1.165, 1.54) is 13.2 Å². The Hall–Kier alpha value is -2.71. The summed E-state index contributed by atoms with van der Waals surface area (Å²) in [6.07, 6.45) is 0. The van der Waals surface area contributed by atoms with E-state index in [4.69, 9.17) is 21.1 Å². The first-order valence-corrected chi connectivity index (χ1v) is 8.10. The van der Waals surface area contributed by atoms with Crippen LogP contribution in [-0.2, 0) is 9.47 Å². The van der Waals surface area contributed by atoms with Crippen molar-refractivity contribution >= 4 is 35.1 Å². The molecule has 1 aromatic carbocycles. The number of carbonyl (C=O) groups is 2. The Kier molecular flexibility index (Phi) is 6.88. The van der Waals surface area contributed by atoms with Gasteiger partial charge in [-0.05, 0) is 31.2 Å². The number of rotatable bonds is 7. The maximum Gasteiger partial charge on any atom is 0.337 e. The summed E-state index contributed by atoms with van der Waals surface area (Å²) in [6, 6.07) is 6.20. The summed E-state index contributed by atoms with van der Waals surface area (Å²) in [5, 5.41) is 5.99. The van der Waals surface area contributed by atoms with Crippen LogP contribution in [-0.4, -0.2) is 49.2 Å². The van der Waals surface area contributed by atoms with Crippen molar-refractivity contribution in [2.75, 3.05) is 32.7 Å². The minimum atomic E-state index is -0.493. The number of esters is 1. The van der Waals surface area contributed by atoms with Gasteiger partial charge in [0, 0.05) is 19.3 Å². The van der Waals surface area contributed by atoms with Crippen molar-refractivity contribution in [3.63, 3.8) is 0 Å². The van der Waals surface area contributed by atoms with E-state index >= 15 is 0 Å². The number of aryl methyl sites for hydroxylation is 1. The number of benzene rings is 1. The summed E-state index contributed by atoms with van der Waals surface area (Å²) in [5.74, 6) is -0.649. The highest BCUT2D eigenvalue weighted by molar-refractivity contribution is 6.33. The third-order valence-corrected chi connectivity index (χ3v) is 3.64. The van der Waals surface area contributed by atoms with E-state index in [0.717, 1.165) is 0 Å². The number of hydrogen-bond acceptors (Lipinski definition) is 7. The molecular formula is C17H19ClN4O4. The van der Waals surface area contributed by atoms with Crippen LogP contribution in [0.25, 0.3) is 0 Å². The lowest BCUT2D eigenvalue weighted by molar-refractivity contribution is 0.0600. The maximum absolute atomic E-state index is 12.2. The van der Waals surface area contributed by atoms with E-state index in [-0.39, 0.29) is 17.5 Å². The summed E-state index contributed by atoms with van der Waals surface area (Å²) in [5.41, 5.74) is 1.55. The Morgan fingerprint density at radius 2 is 1.96 bits per heavy atom. The van der Waals surface area contributed by atoms with Crippen molar-refractivity contribution < 1.29 is 19.1 Å². The first-order valence-electron chi connectivity index (χ1n) is 7.72. The van der Waals surface area contributed by atoms with Crippen molar-refractivity contribution in [1.29, 1.82) is 0 Å². The second-order valence-electron chi connectivity index (χ2n) is 5.28. The monoisotopic (exact) mass is 378 g/mol. The molecule has 0 aliphatic heterocycles. The molecule has 1 aromatic heterocycles. The number of aromatic nitrogens is 2. The standard InChI is InChI=1S/C17H19ClN4O4/c1-10-8-14(15(23)19-6-7-25-2)22-17(20-10)21-13-9-11(16(24)26-3)4-5-12(13)18/h4-5,8-9H,6-7H2,1-3H3,(H,19,23)(H,20,21,22). The fraction of sp³-hybridized carbons (Fsp3) is 0.294. The number of amides is 1. The number of nitrogens with one attached hydrogen (secondary N) is 2. The first kappa shape index (κ1) is 19.6. The first-order chi connectivity index (χ1) is 12.4. The number of hydrogen-bond donors (Lipinski definition) is 2. The van der Waals surface area contributed by atoms with Gasteiger partial charge in [-0.2, -0.15) is 0 Å². The number of methoxy groups -OCH3 is 2. The lowest BCUT2D eigenvalue weighted by Gasteiger charge is -2.11. The molecule has 0 aliphatic rings. The zero-order chi connectivity index (χ0) is 19.1. The number of halogens is 1. The van der Waals surface area contributed by atoms with Crippen molar-refractivity contribution in [2.24, 2.45) is 0 Å². The molecule has 26 heavy (non-hydrogen) atoms. The Morgan fingerprint density at radius 1 is 1.19 bits per heavy atom. The van der Waals surface area contributed by atoms with Crippen molar-refractivity contribution in [2.45, 2.75) is 6.92 Å². The minimum Gasteiger partial charge on any atom is -0.465 e. The van der Waals surface area contributed by atoms with Crippen molar-refractivity contribution in [3.8, 4) is 0 Å². The summed E-state index contributed by atoms with van der Waals surface area (Å²) in [6.45, 7) is 2.51. The van der Waals surface area contributed by atoms with Gasteiger partial charge in [0.25, 0.3) is 5.91 Å². The number of anilines is 2. The van der Waals surface area contributed by atoms with Crippen molar-refractivity contribution in [3.05, 3.63) is 46.2 Å². The van der Waals surface area contributed by atoms with E-state index < -0.39 is 5.97 Å². The van der Waals surface area contributed by atoms with Crippen LogP contribution in [0.3, 0.4) is 0 Å². The van der Waals surface area contributed by atoms with Crippen LogP contribution in [0.2, 0.25) is 5.02 Å². The Morgan fingerprint density at radius 3 is 2.65 bits per heavy atom. The molecule has 8 nitrogen and oxygen atoms in total. The molecule has 0 unspecified atom stereocenters. The van der Waals surface area contributed by atoms with E-state index in [0.29, 0.717) is 35.1 Å². The van der Waals surface area contributed by atoms with Gasteiger partial charge in [0.05, 0.1) is 30.0 Å². The normalized spacial score (nSPS) is 10.3. The minimum absolute atomic E-state index is 0.186. The number of nitrogens with zero attached hydrogens (tertiary/aromatic N) is 2. The summed E-state index contributed by atoms with van der Waals surface area (Å²) in [7, 11) is 2.84. The predicted octanol–water partition coefficient (Wildman–Crippen LogP) is 2.34. The SMILES string of the molecule is COCCNC(=O)c1cc(C)nc(Nc2cc(C(=O)OC)ccc2Cl)n1. The molecule has 0 saturated heterocycles. The van der Waals surface area contributed by atoms with Gasteiger partial charge in [-0.25, -0.2) is 14.8 Å². The van der Waals surface area contributed by atoms with Gasteiger partial charge in [-0.15, -0.1) is 0 Å². The quantitative estimate of drug-likeness (QED) is 0.563. The summed E-state index contributed by atoms with van der Waals surface area (Å²) < 4.78 is 9.59. The van der Waals surface area contributed by atoms with Crippen LogP contribution in [0.15, 0.2) is 24.3 Å². The number of carbonyl (C=O) groups excluding carboxylic acids is 2. The predicted molar refractivity (Wildman–Crippen MR) is 97.1 cm³/mol. The van der Waals surface area contributed by atoms with Gasteiger partial charge >= 0.3 is 5.97 Å². The molecule has 1 amide bonds.